The summed E-state index contributed by atoms with van der Waals surface area (Å²) in [7, 11) is 0. The van der Waals surface area contributed by atoms with Gasteiger partial charge in [-0.3, -0.25) is 4.79 Å². The third kappa shape index (κ3) is 2.83. The van der Waals surface area contributed by atoms with E-state index in [0.29, 0.717) is 0 Å². The minimum absolute atomic E-state index is 0.133. The molecule has 0 spiro atoms. The van der Waals surface area contributed by atoms with Crippen molar-refractivity contribution in [1.29, 1.82) is 0 Å². The topological polar surface area (TPSA) is 71.3 Å². The number of carboxylic acids is 1. The molecule has 22 heavy (non-hydrogen) atoms. The number of carboxylic acid groups (broad SMARTS) is 1. The molecule has 0 saturated carbocycles. The second-order valence-electron chi connectivity index (χ2n) is 4.94. The summed E-state index contributed by atoms with van der Waals surface area (Å²) in [5, 5.41) is 12.6. The van der Waals surface area contributed by atoms with Crippen molar-refractivity contribution in [2.75, 3.05) is 5.32 Å². The quantitative estimate of drug-likeness (QED) is 0.777. The van der Waals surface area contributed by atoms with Crippen molar-refractivity contribution in [3.8, 4) is 0 Å². The summed E-state index contributed by atoms with van der Waals surface area (Å²) in [5.41, 5.74) is 1.81. The van der Waals surface area contributed by atoms with E-state index in [-0.39, 0.29) is 18.0 Å². The number of para-hydroxylation sites is 1. The van der Waals surface area contributed by atoms with Gasteiger partial charge in [-0.05, 0) is 36.4 Å². The van der Waals surface area contributed by atoms with Crippen LogP contribution in [0.4, 0.5) is 5.69 Å². The number of amides is 1. The highest BCUT2D eigenvalue weighted by molar-refractivity contribution is 5.95. The number of aromatic nitrogens is 1. The maximum absolute atomic E-state index is 12.1. The summed E-state index contributed by atoms with van der Waals surface area (Å²) in [4.78, 5) is 23.0. The number of nitrogens with one attached hydrogen (secondary N) is 1. The lowest BCUT2D eigenvalue weighted by Crippen LogP contribution is -2.18. The third-order valence-corrected chi connectivity index (χ3v) is 3.39. The number of fused-ring (bicyclic) bond motifs is 1. The van der Waals surface area contributed by atoms with Gasteiger partial charge in [0, 0.05) is 22.8 Å². The van der Waals surface area contributed by atoms with Crippen LogP contribution < -0.4 is 5.32 Å². The number of carbonyl (C=O) groups excluding carboxylic acids is 1. The van der Waals surface area contributed by atoms with Gasteiger partial charge in [0.2, 0.25) is 5.91 Å². The van der Waals surface area contributed by atoms with Crippen LogP contribution in [0.15, 0.2) is 60.8 Å². The summed E-state index contributed by atoms with van der Waals surface area (Å²) in [6.07, 6.45) is 1.78. The molecular formula is C17H14N2O3. The molecule has 0 unspecified atom stereocenters. The first-order valence-corrected chi connectivity index (χ1v) is 6.80. The van der Waals surface area contributed by atoms with Gasteiger partial charge in [-0.25, -0.2) is 4.79 Å². The summed E-state index contributed by atoms with van der Waals surface area (Å²) < 4.78 is 1.79. The summed E-state index contributed by atoms with van der Waals surface area (Å²) in [6.45, 7) is 0.171. The van der Waals surface area contributed by atoms with Crippen LogP contribution in [0.5, 0.6) is 0 Å². The van der Waals surface area contributed by atoms with E-state index in [1.54, 1.807) is 29.0 Å². The predicted octanol–water partition coefficient (Wildman–Crippen LogP) is 2.98. The molecule has 1 amide bonds. The highest BCUT2D eigenvalue weighted by Crippen LogP contribution is 2.18. The molecule has 5 nitrogen and oxygen atoms in total. The first kappa shape index (κ1) is 13.9. The molecule has 1 heterocycles. The van der Waals surface area contributed by atoms with E-state index >= 15 is 0 Å². The Morgan fingerprint density at radius 1 is 1.05 bits per heavy atom. The molecule has 0 bridgehead atoms. The standard InChI is InChI=1S/C17H14N2O3/c20-16(18-14-4-2-1-3-5-14)11-19-9-8-12-10-13(17(21)22)6-7-15(12)19/h1-10H,11H2,(H,18,20)(H,21,22). The summed E-state index contributed by atoms with van der Waals surface area (Å²) >= 11 is 0. The maximum atomic E-state index is 12.1. The second-order valence-corrected chi connectivity index (χ2v) is 4.94. The number of benzene rings is 2. The average molecular weight is 294 g/mol. The molecule has 0 radical (unpaired) electrons. The maximum Gasteiger partial charge on any atom is 0.335 e. The van der Waals surface area contributed by atoms with Crippen molar-refractivity contribution in [1.82, 2.24) is 4.57 Å². The Morgan fingerprint density at radius 2 is 1.82 bits per heavy atom. The van der Waals surface area contributed by atoms with Crippen molar-refractivity contribution in [3.05, 3.63) is 66.4 Å². The van der Waals surface area contributed by atoms with Gasteiger partial charge in [0.15, 0.2) is 0 Å². The monoisotopic (exact) mass is 294 g/mol. The van der Waals surface area contributed by atoms with Gasteiger partial charge in [-0.1, -0.05) is 18.2 Å². The Morgan fingerprint density at radius 3 is 2.55 bits per heavy atom. The normalized spacial score (nSPS) is 10.5. The number of nitrogens with zero attached hydrogens (tertiary/aromatic N) is 1. The smallest absolute Gasteiger partial charge is 0.335 e. The Balaban J connectivity index is 1.79. The van der Waals surface area contributed by atoms with Gasteiger partial charge in [-0.15, -0.1) is 0 Å². The fraction of sp³-hybridized carbons (Fsp3) is 0.0588. The van der Waals surface area contributed by atoms with Gasteiger partial charge in [0.25, 0.3) is 0 Å². The highest BCUT2D eigenvalue weighted by Gasteiger charge is 2.09. The van der Waals surface area contributed by atoms with Crippen LogP contribution in [0.2, 0.25) is 0 Å². The van der Waals surface area contributed by atoms with E-state index in [0.717, 1.165) is 16.6 Å². The lowest BCUT2D eigenvalue weighted by molar-refractivity contribution is -0.116. The Hall–Kier alpha value is -3.08. The molecule has 5 heteroatoms. The third-order valence-electron chi connectivity index (χ3n) is 3.39. The molecule has 1 aromatic heterocycles. The van der Waals surface area contributed by atoms with E-state index in [1.807, 2.05) is 30.3 Å². The molecule has 3 rings (SSSR count). The molecule has 0 fully saturated rings. The lowest BCUT2D eigenvalue weighted by atomic mass is 10.1. The van der Waals surface area contributed by atoms with Crippen molar-refractivity contribution in [2.24, 2.45) is 0 Å². The van der Waals surface area contributed by atoms with Gasteiger partial charge in [0.1, 0.15) is 6.54 Å². The molecule has 3 aromatic rings. The van der Waals surface area contributed by atoms with E-state index in [1.165, 1.54) is 6.07 Å². The van der Waals surface area contributed by atoms with Crippen molar-refractivity contribution >= 4 is 28.5 Å². The highest BCUT2D eigenvalue weighted by atomic mass is 16.4. The van der Waals surface area contributed by atoms with Gasteiger partial charge in [0.05, 0.1) is 5.56 Å². The molecule has 110 valence electrons. The number of carbonyl (C=O) groups is 2. The summed E-state index contributed by atoms with van der Waals surface area (Å²) in [5.74, 6) is -1.09. The molecule has 0 aliphatic heterocycles. The molecule has 0 atom stereocenters. The molecule has 0 aliphatic rings. The fourth-order valence-corrected chi connectivity index (χ4v) is 2.35. The van der Waals surface area contributed by atoms with Crippen molar-refractivity contribution < 1.29 is 14.7 Å². The number of hydrogen-bond acceptors (Lipinski definition) is 2. The minimum Gasteiger partial charge on any atom is -0.478 e. The zero-order valence-electron chi connectivity index (χ0n) is 11.7. The fourth-order valence-electron chi connectivity index (χ4n) is 2.35. The Labute approximate surface area is 126 Å². The average Bonchev–Trinajstić information content (AvgIpc) is 2.90. The molecule has 0 aliphatic carbocycles. The number of rotatable bonds is 4. The van der Waals surface area contributed by atoms with Crippen LogP contribution >= 0.6 is 0 Å². The Bertz CT molecular complexity index is 837. The largest absolute Gasteiger partial charge is 0.478 e. The second kappa shape index (κ2) is 5.73. The van der Waals surface area contributed by atoms with Gasteiger partial charge >= 0.3 is 5.97 Å². The van der Waals surface area contributed by atoms with Crippen LogP contribution in [0, 0.1) is 0 Å². The Kier molecular flexibility index (Phi) is 3.62. The van der Waals surface area contributed by atoms with E-state index in [4.69, 9.17) is 5.11 Å². The van der Waals surface area contributed by atoms with Crippen LogP contribution in [0.3, 0.4) is 0 Å². The van der Waals surface area contributed by atoms with Crippen LogP contribution in [-0.4, -0.2) is 21.6 Å². The summed E-state index contributed by atoms with van der Waals surface area (Å²) in [6, 6.07) is 15.9. The van der Waals surface area contributed by atoms with Gasteiger partial charge < -0.3 is 15.0 Å². The van der Waals surface area contributed by atoms with Gasteiger partial charge in [-0.2, -0.15) is 0 Å². The van der Waals surface area contributed by atoms with E-state index < -0.39 is 5.97 Å². The first-order chi connectivity index (χ1) is 10.6. The van der Waals surface area contributed by atoms with E-state index in [2.05, 4.69) is 5.32 Å². The van der Waals surface area contributed by atoms with Crippen LogP contribution in [0.25, 0.3) is 10.9 Å². The molecule has 2 aromatic carbocycles. The molecule has 0 saturated heterocycles. The van der Waals surface area contributed by atoms with Crippen molar-refractivity contribution in [3.63, 3.8) is 0 Å². The predicted molar refractivity (Wildman–Crippen MR) is 84.0 cm³/mol. The SMILES string of the molecule is O=C(Cn1ccc2cc(C(=O)O)ccc21)Nc1ccccc1. The van der Waals surface area contributed by atoms with Crippen LogP contribution in [0.1, 0.15) is 10.4 Å². The number of anilines is 1. The molecule has 2 N–H and O–H groups in total. The zero-order chi connectivity index (χ0) is 15.5. The zero-order valence-corrected chi connectivity index (χ0v) is 11.7. The number of aromatic carboxylic acids is 1. The van der Waals surface area contributed by atoms with Crippen molar-refractivity contribution in [2.45, 2.75) is 6.54 Å². The van der Waals surface area contributed by atoms with Crippen LogP contribution in [-0.2, 0) is 11.3 Å². The van der Waals surface area contributed by atoms with E-state index in [9.17, 15) is 9.59 Å². The first-order valence-electron chi connectivity index (χ1n) is 6.80. The minimum atomic E-state index is -0.962. The number of hydrogen-bond donors (Lipinski definition) is 2. The lowest BCUT2D eigenvalue weighted by Gasteiger charge is -2.07. The molecular weight excluding hydrogens is 280 g/mol.